The minimum Gasteiger partial charge on any atom is -0.392 e. The molecule has 0 aliphatic carbocycles. The van der Waals surface area contributed by atoms with Crippen molar-refractivity contribution in [3.05, 3.63) is 33.9 Å². The maximum Gasteiger partial charge on any atom is 0.269 e. The summed E-state index contributed by atoms with van der Waals surface area (Å²) in [5, 5.41) is 20.3. The van der Waals surface area contributed by atoms with Gasteiger partial charge in [-0.2, -0.15) is 0 Å². The Bertz CT molecular complexity index is 508. The van der Waals surface area contributed by atoms with Gasteiger partial charge in [0.25, 0.3) is 5.69 Å². The van der Waals surface area contributed by atoms with E-state index in [0.29, 0.717) is 11.5 Å². The number of benzene rings is 1. The molecule has 5 nitrogen and oxygen atoms in total. The molecule has 1 fully saturated rings. The molecular weight excluding hydrogens is 256 g/mol. The predicted molar refractivity (Wildman–Crippen MR) is 78.8 cm³/mol. The SMILES string of the molecule is CC(C)(C)C1CCN(c2ccc([N+](=O)[O-])cc2CO)C1. The molecule has 110 valence electrons. The van der Waals surface area contributed by atoms with Crippen molar-refractivity contribution in [2.24, 2.45) is 11.3 Å². The lowest BCUT2D eigenvalue weighted by atomic mass is 9.80. The van der Waals surface area contributed by atoms with Crippen molar-refractivity contribution in [2.45, 2.75) is 33.8 Å². The summed E-state index contributed by atoms with van der Waals surface area (Å²) in [6, 6.07) is 4.74. The molecule has 1 unspecified atom stereocenters. The molecule has 1 saturated heterocycles. The van der Waals surface area contributed by atoms with Crippen molar-refractivity contribution in [3.63, 3.8) is 0 Å². The molecule has 1 aromatic rings. The van der Waals surface area contributed by atoms with Crippen LogP contribution in [0.5, 0.6) is 0 Å². The van der Waals surface area contributed by atoms with E-state index in [4.69, 9.17) is 0 Å². The van der Waals surface area contributed by atoms with E-state index in [1.807, 2.05) is 0 Å². The number of hydrogen-bond donors (Lipinski definition) is 1. The molecular formula is C15H22N2O3. The van der Waals surface area contributed by atoms with E-state index >= 15 is 0 Å². The molecule has 1 aliphatic heterocycles. The van der Waals surface area contributed by atoms with Crippen LogP contribution in [0.1, 0.15) is 32.8 Å². The fourth-order valence-electron chi connectivity index (χ4n) is 2.81. The number of aliphatic hydroxyl groups is 1. The highest BCUT2D eigenvalue weighted by molar-refractivity contribution is 5.58. The number of aliphatic hydroxyl groups excluding tert-OH is 1. The van der Waals surface area contributed by atoms with Crippen LogP contribution in [0.2, 0.25) is 0 Å². The Balaban J connectivity index is 2.24. The normalized spacial score (nSPS) is 19.4. The average molecular weight is 278 g/mol. The summed E-state index contributed by atoms with van der Waals surface area (Å²) in [7, 11) is 0. The lowest BCUT2D eigenvalue weighted by molar-refractivity contribution is -0.384. The van der Waals surface area contributed by atoms with E-state index in [0.717, 1.165) is 25.2 Å². The number of nitro groups is 1. The third kappa shape index (κ3) is 2.93. The molecule has 0 radical (unpaired) electrons. The second-order valence-electron chi connectivity index (χ2n) is 6.53. The molecule has 5 heteroatoms. The number of nitrogens with zero attached hydrogens (tertiary/aromatic N) is 2. The van der Waals surface area contributed by atoms with Gasteiger partial charge in [0.2, 0.25) is 0 Å². The maximum absolute atomic E-state index is 10.8. The average Bonchev–Trinajstić information content (AvgIpc) is 2.87. The van der Waals surface area contributed by atoms with Crippen molar-refractivity contribution in [2.75, 3.05) is 18.0 Å². The standard InChI is InChI=1S/C15H22N2O3/c1-15(2,3)12-6-7-16(9-12)14-5-4-13(17(19)20)8-11(14)10-18/h4-5,8,12,18H,6-7,9-10H2,1-3H3. The van der Waals surface area contributed by atoms with E-state index < -0.39 is 4.92 Å². The first-order valence-corrected chi connectivity index (χ1v) is 6.96. The van der Waals surface area contributed by atoms with Gasteiger partial charge >= 0.3 is 0 Å². The zero-order chi connectivity index (χ0) is 14.9. The molecule has 20 heavy (non-hydrogen) atoms. The van der Waals surface area contributed by atoms with Crippen LogP contribution in [0.25, 0.3) is 0 Å². The van der Waals surface area contributed by atoms with Gasteiger partial charge < -0.3 is 10.0 Å². The molecule has 1 aliphatic rings. The van der Waals surface area contributed by atoms with Gasteiger partial charge in [0.15, 0.2) is 0 Å². The fraction of sp³-hybridized carbons (Fsp3) is 0.600. The van der Waals surface area contributed by atoms with Gasteiger partial charge in [-0.25, -0.2) is 0 Å². The summed E-state index contributed by atoms with van der Waals surface area (Å²) >= 11 is 0. The number of hydrogen-bond acceptors (Lipinski definition) is 4. The molecule has 0 spiro atoms. The van der Waals surface area contributed by atoms with Crippen LogP contribution in [0, 0.1) is 21.4 Å². The minimum absolute atomic E-state index is 0.0318. The molecule has 1 N–H and O–H groups in total. The Labute approximate surface area is 119 Å². The van der Waals surface area contributed by atoms with Crippen molar-refractivity contribution >= 4 is 11.4 Å². The summed E-state index contributed by atoms with van der Waals surface area (Å²) in [6.45, 7) is 8.42. The third-order valence-corrected chi connectivity index (χ3v) is 4.20. The van der Waals surface area contributed by atoms with E-state index in [1.54, 1.807) is 6.07 Å². The van der Waals surface area contributed by atoms with E-state index in [-0.39, 0.29) is 17.7 Å². The second-order valence-corrected chi connectivity index (χ2v) is 6.53. The Kier molecular flexibility index (Phi) is 3.99. The molecule has 1 heterocycles. The van der Waals surface area contributed by atoms with Crippen LogP contribution in [-0.4, -0.2) is 23.1 Å². The van der Waals surface area contributed by atoms with E-state index in [2.05, 4.69) is 25.7 Å². The number of anilines is 1. The lowest BCUT2D eigenvalue weighted by Crippen LogP contribution is -2.26. The fourth-order valence-corrected chi connectivity index (χ4v) is 2.81. The van der Waals surface area contributed by atoms with Gasteiger partial charge in [0, 0.05) is 36.5 Å². The smallest absolute Gasteiger partial charge is 0.269 e. The van der Waals surface area contributed by atoms with Gasteiger partial charge in [0.05, 0.1) is 11.5 Å². The van der Waals surface area contributed by atoms with Crippen molar-refractivity contribution in [1.82, 2.24) is 0 Å². The number of non-ortho nitro benzene ring substituents is 1. The first-order chi connectivity index (χ1) is 9.32. The second kappa shape index (κ2) is 5.40. The van der Waals surface area contributed by atoms with Gasteiger partial charge in [-0.05, 0) is 23.8 Å². The Hall–Kier alpha value is -1.62. The summed E-state index contributed by atoms with van der Waals surface area (Å²) in [5.41, 5.74) is 1.84. The van der Waals surface area contributed by atoms with Gasteiger partial charge in [-0.15, -0.1) is 0 Å². The number of nitro benzene ring substituents is 1. The topological polar surface area (TPSA) is 66.6 Å². The first-order valence-electron chi connectivity index (χ1n) is 6.96. The molecule has 0 amide bonds. The minimum atomic E-state index is -0.426. The van der Waals surface area contributed by atoms with Gasteiger partial charge in [-0.3, -0.25) is 10.1 Å². The van der Waals surface area contributed by atoms with Crippen LogP contribution in [0.3, 0.4) is 0 Å². The monoisotopic (exact) mass is 278 g/mol. The molecule has 0 bridgehead atoms. The van der Waals surface area contributed by atoms with Crippen LogP contribution < -0.4 is 4.90 Å². The van der Waals surface area contributed by atoms with Gasteiger partial charge in [0.1, 0.15) is 0 Å². The lowest BCUT2D eigenvalue weighted by Gasteiger charge is -2.28. The molecule has 2 rings (SSSR count). The van der Waals surface area contributed by atoms with Crippen LogP contribution in [-0.2, 0) is 6.61 Å². The quantitative estimate of drug-likeness (QED) is 0.682. The Morgan fingerprint density at radius 2 is 2.15 bits per heavy atom. The van der Waals surface area contributed by atoms with Crippen molar-refractivity contribution in [1.29, 1.82) is 0 Å². The van der Waals surface area contributed by atoms with Crippen LogP contribution in [0.4, 0.5) is 11.4 Å². The summed E-state index contributed by atoms with van der Waals surface area (Å²) in [5.74, 6) is 0.601. The molecule has 1 aromatic carbocycles. The highest BCUT2D eigenvalue weighted by Crippen LogP contribution is 2.37. The third-order valence-electron chi connectivity index (χ3n) is 4.20. The van der Waals surface area contributed by atoms with Crippen LogP contribution in [0.15, 0.2) is 18.2 Å². The predicted octanol–water partition coefficient (Wildman–Crippen LogP) is 2.96. The summed E-state index contributed by atoms with van der Waals surface area (Å²) in [4.78, 5) is 12.6. The largest absolute Gasteiger partial charge is 0.392 e. The zero-order valence-corrected chi connectivity index (χ0v) is 12.3. The Morgan fingerprint density at radius 1 is 1.45 bits per heavy atom. The van der Waals surface area contributed by atoms with Crippen molar-refractivity contribution < 1.29 is 10.0 Å². The van der Waals surface area contributed by atoms with Crippen LogP contribution >= 0.6 is 0 Å². The van der Waals surface area contributed by atoms with Gasteiger partial charge in [-0.1, -0.05) is 20.8 Å². The zero-order valence-electron chi connectivity index (χ0n) is 12.3. The Morgan fingerprint density at radius 3 is 2.65 bits per heavy atom. The van der Waals surface area contributed by atoms with Crippen molar-refractivity contribution in [3.8, 4) is 0 Å². The molecule has 0 saturated carbocycles. The van der Waals surface area contributed by atoms with E-state index in [9.17, 15) is 15.2 Å². The first kappa shape index (κ1) is 14.8. The molecule has 0 aromatic heterocycles. The molecule has 1 atom stereocenters. The summed E-state index contributed by atoms with van der Waals surface area (Å²) in [6.07, 6.45) is 1.12. The van der Waals surface area contributed by atoms with E-state index in [1.165, 1.54) is 12.1 Å². The number of rotatable bonds is 3. The maximum atomic E-state index is 10.8. The highest BCUT2D eigenvalue weighted by atomic mass is 16.6. The summed E-state index contributed by atoms with van der Waals surface area (Å²) < 4.78 is 0. The highest BCUT2D eigenvalue weighted by Gasteiger charge is 2.32.